The molecule has 1 fully saturated rings. The van der Waals surface area contributed by atoms with Crippen molar-refractivity contribution in [2.45, 2.75) is 24.9 Å². The van der Waals surface area contributed by atoms with Crippen LogP contribution >= 0.6 is 0 Å². The molecule has 1 aromatic carbocycles. The number of rotatable bonds is 5. The molecule has 1 saturated heterocycles. The van der Waals surface area contributed by atoms with Gasteiger partial charge < -0.3 is 14.9 Å². The minimum atomic E-state index is -0.893. The molecule has 0 aliphatic carbocycles. The Labute approximate surface area is 164 Å². The molecular weight excluding hydrogens is 378 g/mol. The highest BCUT2D eigenvalue weighted by atomic mass is 16.5. The normalized spacial score (nSPS) is 21.8. The highest BCUT2D eigenvalue weighted by Gasteiger charge is 2.35. The molecule has 2 aromatic heterocycles. The number of aromatic amines is 1. The second kappa shape index (κ2) is 7.95. The maximum absolute atomic E-state index is 12.1. The van der Waals surface area contributed by atoms with Crippen LogP contribution in [0, 0.1) is 0 Å². The zero-order valence-corrected chi connectivity index (χ0v) is 15.3. The van der Waals surface area contributed by atoms with E-state index in [1.807, 2.05) is 30.3 Å². The van der Waals surface area contributed by atoms with E-state index in [4.69, 9.17) is 4.74 Å². The molecule has 3 atom stereocenters. The van der Waals surface area contributed by atoms with Gasteiger partial charge in [-0.05, 0) is 24.3 Å². The van der Waals surface area contributed by atoms with Gasteiger partial charge in [-0.15, -0.1) is 5.10 Å². The molecule has 0 radical (unpaired) electrons. The van der Waals surface area contributed by atoms with Crippen molar-refractivity contribution in [3.05, 3.63) is 74.8 Å². The van der Waals surface area contributed by atoms with Gasteiger partial charge in [0.2, 0.25) is 0 Å². The SMILES string of the molecule is O=c1[nH]c(=O)n([C@H]2C[C@H](O)[C@@H](CO)O2)cc1/C=C/c1cn(-c2ccccc2)nn1. The summed E-state index contributed by atoms with van der Waals surface area (Å²) in [7, 11) is 0. The largest absolute Gasteiger partial charge is 0.394 e. The zero-order valence-electron chi connectivity index (χ0n) is 15.3. The van der Waals surface area contributed by atoms with Crippen LogP contribution in [0.15, 0.2) is 52.3 Å². The second-order valence-electron chi connectivity index (χ2n) is 6.62. The van der Waals surface area contributed by atoms with Crippen LogP contribution in [0.1, 0.15) is 23.9 Å². The summed E-state index contributed by atoms with van der Waals surface area (Å²) >= 11 is 0. The summed E-state index contributed by atoms with van der Waals surface area (Å²) in [4.78, 5) is 26.5. The third-order valence-corrected chi connectivity index (χ3v) is 4.66. The molecule has 150 valence electrons. The number of hydrogen-bond donors (Lipinski definition) is 3. The summed E-state index contributed by atoms with van der Waals surface area (Å²) in [5, 5.41) is 27.2. The number of para-hydroxylation sites is 1. The van der Waals surface area contributed by atoms with Gasteiger partial charge in [0.15, 0.2) is 0 Å². The van der Waals surface area contributed by atoms with Gasteiger partial charge in [0.1, 0.15) is 18.0 Å². The van der Waals surface area contributed by atoms with Crippen molar-refractivity contribution in [1.29, 1.82) is 0 Å². The molecule has 29 heavy (non-hydrogen) atoms. The van der Waals surface area contributed by atoms with Crippen LogP contribution in [0.2, 0.25) is 0 Å². The third-order valence-electron chi connectivity index (χ3n) is 4.66. The summed E-state index contributed by atoms with van der Waals surface area (Å²) < 4.78 is 8.29. The number of benzene rings is 1. The fraction of sp³-hybridized carbons (Fsp3) is 0.263. The van der Waals surface area contributed by atoms with E-state index in [1.54, 1.807) is 17.0 Å². The summed E-state index contributed by atoms with van der Waals surface area (Å²) in [6.07, 6.45) is 3.87. The van der Waals surface area contributed by atoms with E-state index >= 15 is 0 Å². The standard InChI is InChI=1S/C19H19N5O5/c25-11-16-15(26)8-17(29-16)23-9-12(18(27)20-19(23)28)6-7-13-10-24(22-21-13)14-4-2-1-3-5-14/h1-7,9-10,15-17,25-26H,8,11H2,(H,20,27,28)/b7-6+/t15-,16+,17+/m0/s1. The van der Waals surface area contributed by atoms with Gasteiger partial charge >= 0.3 is 5.69 Å². The fourth-order valence-electron chi connectivity index (χ4n) is 3.12. The van der Waals surface area contributed by atoms with E-state index in [-0.39, 0.29) is 18.6 Å². The van der Waals surface area contributed by atoms with Gasteiger partial charge in [0, 0.05) is 12.6 Å². The smallest absolute Gasteiger partial charge is 0.330 e. The number of aliphatic hydroxyl groups excluding tert-OH is 2. The summed E-state index contributed by atoms with van der Waals surface area (Å²) in [6, 6.07) is 9.45. The van der Waals surface area contributed by atoms with Crippen LogP contribution in [-0.2, 0) is 4.74 Å². The number of ether oxygens (including phenoxy) is 1. The maximum atomic E-state index is 12.1. The Morgan fingerprint density at radius 1 is 1.21 bits per heavy atom. The van der Waals surface area contributed by atoms with Crippen molar-refractivity contribution < 1.29 is 14.9 Å². The minimum absolute atomic E-state index is 0.131. The first-order valence-electron chi connectivity index (χ1n) is 9.01. The second-order valence-corrected chi connectivity index (χ2v) is 6.62. The van der Waals surface area contributed by atoms with Crippen molar-refractivity contribution in [2.75, 3.05) is 6.61 Å². The first kappa shape index (κ1) is 19.0. The van der Waals surface area contributed by atoms with Crippen molar-refractivity contribution in [1.82, 2.24) is 24.5 Å². The first-order valence-corrected chi connectivity index (χ1v) is 9.01. The Balaban J connectivity index is 1.59. The number of aliphatic hydroxyl groups is 2. The average Bonchev–Trinajstić information content (AvgIpc) is 3.34. The van der Waals surface area contributed by atoms with Crippen molar-refractivity contribution in [3.8, 4) is 5.69 Å². The summed E-state index contributed by atoms with van der Waals surface area (Å²) in [5.41, 5.74) is 0.373. The lowest BCUT2D eigenvalue weighted by atomic mass is 10.2. The van der Waals surface area contributed by atoms with Crippen LogP contribution in [0.4, 0.5) is 0 Å². The molecule has 0 saturated carbocycles. The van der Waals surface area contributed by atoms with E-state index in [1.165, 1.54) is 16.8 Å². The van der Waals surface area contributed by atoms with Crippen LogP contribution in [0.25, 0.3) is 17.8 Å². The maximum Gasteiger partial charge on any atom is 0.330 e. The Bertz CT molecular complexity index is 1130. The lowest BCUT2D eigenvalue weighted by molar-refractivity contribution is -0.0459. The molecule has 0 bridgehead atoms. The van der Waals surface area contributed by atoms with E-state index < -0.39 is 29.7 Å². The zero-order chi connectivity index (χ0) is 20.4. The highest BCUT2D eigenvalue weighted by molar-refractivity contribution is 5.66. The molecule has 0 spiro atoms. The van der Waals surface area contributed by atoms with Crippen LogP contribution in [0.3, 0.4) is 0 Å². The van der Waals surface area contributed by atoms with Gasteiger partial charge in [0.05, 0.1) is 30.2 Å². The van der Waals surface area contributed by atoms with Crippen LogP contribution in [-0.4, -0.2) is 53.6 Å². The predicted molar refractivity (Wildman–Crippen MR) is 103 cm³/mol. The fourth-order valence-corrected chi connectivity index (χ4v) is 3.12. The molecule has 3 N–H and O–H groups in total. The van der Waals surface area contributed by atoms with Crippen molar-refractivity contribution in [2.24, 2.45) is 0 Å². The van der Waals surface area contributed by atoms with Crippen molar-refractivity contribution >= 4 is 12.2 Å². The monoisotopic (exact) mass is 397 g/mol. The molecule has 0 amide bonds. The van der Waals surface area contributed by atoms with Gasteiger partial charge in [-0.2, -0.15) is 0 Å². The molecular formula is C19H19N5O5. The van der Waals surface area contributed by atoms with Crippen molar-refractivity contribution in [3.63, 3.8) is 0 Å². The highest BCUT2D eigenvalue weighted by Crippen LogP contribution is 2.27. The molecule has 10 heteroatoms. The molecule has 3 aromatic rings. The Morgan fingerprint density at radius 2 is 2.00 bits per heavy atom. The van der Waals surface area contributed by atoms with Gasteiger partial charge in [-0.3, -0.25) is 14.3 Å². The summed E-state index contributed by atoms with van der Waals surface area (Å²) in [6.45, 7) is -0.362. The number of aromatic nitrogens is 5. The van der Waals surface area contributed by atoms with E-state index in [9.17, 15) is 19.8 Å². The van der Waals surface area contributed by atoms with E-state index in [2.05, 4.69) is 15.3 Å². The van der Waals surface area contributed by atoms with Gasteiger partial charge in [0.25, 0.3) is 5.56 Å². The van der Waals surface area contributed by atoms with E-state index in [0.29, 0.717) is 5.69 Å². The number of hydrogen-bond acceptors (Lipinski definition) is 7. The minimum Gasteiger partial charge on any atom is -0.394 e. The van der Waals surface area contributed by atoms with Gasteiger partial charge in [-0.1, -0.05) is 23.4 Å². The number of nitrogens with zero attached hydrogens (tertiary/aromatic N) is 4. The molecule has 4 rings (SSSR count). The van der Waals surface area contributed by atoms with Crippen LogP contribution in [0.5, 0.6) is 0 Å². The average molecular weight is 397 g/mol. The molecule has 1 aliphatic rings. The predicted octanol–water partition coefficient (Wildman–Crippen LogP) is -0.0716. The molecule has 3 heterocycles. The topological polar surface area (TPSA) is 135 Å². The first-order chi connectivity index (χ1) is 14.0. The lowest BCUT2D eigenvalue weighted by Crippen LogP contribution is -2.33. The Morgan fingerprint density at radius 3 is 2.72 bits per heavy atom. The Kier molecular flexibility index (Phi) is 5.21. The summed E-state index contributed by atoms with van der Waals surface area (Å²) in [5.74, 6) is 0. The molecule has 1 aliphatic heterocycles. The Hall–Kier alpha value is -3.34. The van der Waals surface area contributed by atoms with E-state index in [0.717, 1.165) is 5.69 Å². The molecule has 0 unspecified atom stereocenters. The van der Waals surface area contributed by atoms with Crippen LogP contribution < -0.4 is 11.2 Å². The number of H-pyrrole nitrogens is 1. The quantitative estimate of drug-likeness (QED) is 0.548. The third kappa shape index (κ3) is 3.94. The lowest BCUT2D eigenvalue weighted by Gasteiger charge is -2.14. The molecule has 10 nitrogen and oxygen atoms in total. The number of nitrogens with one attached hydrogen (secondary N) is 1. The van der Waals surface area contributed by atoms with Gasteiger partial charge in [-0.25, -0.2) is 9.48 Å².